The molecule has 0 saturated carbocycles. The maximum Gasteiger partial charge on any atom is 0.305 e. The molecule has 4 heteroatoms. The lowest BCUT2D eigenvalue weighted by Gasteiger charge is -1.96. The largest absolute Gasteiger partial charge is 0.481 e. The highest BCUT2D eigenvalue weighted by molar-refractivity contribution is 5.66. The van der Waals surface area contributed by atoms with E-state index in [0.29, 0.717) is 6.61 Å². The zero-order chi connectivity index (χ0) is 7.11. The number of rotatable bonds is 5. The van der Waals surface area contributed by atoms with Gasteiger partial charge in [-0.15, -0.1) is 0 Å². The Kier molecular flexibility index (Phi) is 5.15. The summed E-state index contributed by atoms with van der Waals surface area (Å²) in [5.41, 5.74) is 0. The van der Waals surface area contributed by atoms with E-state index in [4.69, 9.17) is 5.11 Å². The summed E-state index contributed by atoms with van der Waals surface area (Å²) in [6, 6.07) is 0. The summed E-state index contributed by atoms with van der Waals surface area (Å²) in [6.07, 6.45) is -0.0139. The summed E-state index contributed by atoms with van der Waals surface area (Å²) in [7, 11) is 0. The van der Waals surface area contributed by atoms with Gasteiger partial charge in [-0.3, -0.25) is 4.79 Å². The summed E-state index contributed by atoms with van der Waals surface area (Å²) in [4.78, 5) is 18.7. The zero-order valence-corrected chi connectivity index (χ0v) is 5.29. The second kappa shape index (κ2) is 5.53. The first-order chi connectivity index (χ1) is 4.27. The number of aliphatic carboxylic acids is 1. The normalized spacial score (nSPS) is 9.44. The molecule has 1 N–H and O–H groups in total. The van der Waals surface area contributed by atoms with Crippen LogP contribution < -0.4 is 0 Å². The Labute approximate surface area is 53.3 Å². The van der Waals surface area contributed by atoms with Crippen molar-refractivity contribution in [2.45, 2.75) is 13.3 Å². The van der Waals surface area contributed by atoms with Gasteiger partial charge < -0.3 is 5.11 Å². The van der Waals surface area contributed by atoms with Crippen LogP contribution in [0.1, 0.15) is 13.3 Å². The molecule has 54 valence electrons. The second-order valence-corrected chi connectivity index (χ2v) is 1.37. The number of carbonyl (C=O) groups is 1. The van der Waals surface area contributed by atoms with Crippen molar-refractivity contribution in [2.24, 2.45) is 0 Å². The van der Waals surface area contributed by atoms with Crippen LogP contribution in [0.15, 0.2) is 0 Å². The molecule has 0 aliphatic heterocycles. The van der Waals surface area contributed by atoms with Crippen LogP contribution in [0.4, 0.5) is 0 Å². The molecule has 0 bridgehead atoms. The third-order valence-corrected chi connectivity index (χ3v) is 0.600. The van der Waals surface area contributed by atoms with Crippen molar-refractivity contribution >= 4 is 5.97 Å². The monoisotopic (exact) mass is 134 g/mol. The van der Waals surface area contributed by atoms with E-state index < -0.39 is 5.97 Å². The molecule has 4 nitrogen and oxygen atoms in total. The molecule has 0 aromatic rings. The molecule has 0 aliphatic carbocycles. The lowest BCUT2D eigenvalue weighted by atomic mass is 10.5. The van der Waals surface area contributed by atoms with Crippen LogP contribution in [0.25, 0.3) is 0 Å². The Morgan fingerprint density at radius 3 is 2.67 bits per heavy atom. The predicted molar refractivity (Wildman–Crippen MR) is 29.8 cm³/mol. The van der Waals surface area contributed by atoms with E-state index in [1.165, 1.54) is 0 Å². The van der Waals surface area contributed by atoms with Crippen molar-refractivity contribution in [3.05, 3.63) is 0 Å². The van der Waals surface area contributed by atoms with Crippen molar-refractivity contribution < 1.29 is 19.7 Å². The van der Waals surface area contributed by atoms with Crippen LogP contribution in [0.3, 0.4) is 0 Å². The Morgan fingerprint density at radius 2 is 2.22 bits per heavy atom. The van der Waals surface area contributed by atoms with Gasteiger partial charge in [-0.25, -0.2) is 9.78 Å². The van der Waals surface area contributed by atoms with Gasteiger partial charge in [-0.2, -0.15) is 0 Å². The van der Waals surface area contributed by atoms with Gasteiger partial charge in [-0.05, 0) is 6.92 Å². The van der Waals surface area contributed by atoms with Gasteiger partial charge in [0.15, 0.2) is 0 Å². The van der Waals surface area contributed by atoms with E-state index in [2.05, 4.69) is 9.78 Å². The minimum Gasteiger partial charge on any atom is -0.481 e. The number of carboxylic acid groups (broad SMARTS) is 1. The third-order valence-electron chi connectivity index (χ3n) is 0.600. The summed E-state index contributed by atoms with van der Waals surface area (Å²) in [5.74, 6) is -0.880. The van der Waals surface area contributed by atoms with Gasteiger partial charge in [0.25, 0.3) is 0 Å². The fourth-order valence-electron chi connectivity index (χ4n) is 0.271. The SMILES string of the molecule is CCOOCCC(=O)O. The van der Waals surface area contributed by atoms with E-state index in [-0.39, 0.29) is 13.0 Å². The molecule has 0 aromatic carbocycles. The quantitative estimate of drug-likeness (QED) is 0.336. The van der Waals surface area contributed by atoms with Crippen molar-refractivity contribution in [3.8, 4) is 0 Å². The molecule has 0 aromatic heterocycles. The maximum atomic E-state index is 9.83. The van der Waals surface area contributed by atoms with Crippen LogP contribution in [0.2, 0.25) is 0 Å². The van der Waals surface area contributed by atoms with Crippen LogP contribution in [0, 0.1) is 0 Å². The third kappa shape index (κ3) is 7.39. The van der Waals surface area contributed by atoms with Gasteiger partial charge in [0.05, 0.1) is 19.6 Å². The van der Waals surface area contributed by atoms with Crippen LogP contribution in [0.5, 0.6) is 0 Å². The molecule has 9 heavy (non-hydrogen) atoms. The van der Waals surface area contributed by atoms with Gasteiger partial charge in [0.1, 0.15) is 0 Å². The zero-order valence-electron chi connectivity index (χ0n) is 5.29. The molecule has 0 saturated heterocycles. The van der Waals surface area contributed by atoms with E-state index in [0.717, 1.165) is 0 Å². The standard InChI is InChI=1S/C5H10O4/c1-2-8-9-4-3-5(6)7/h2-4H2,1H3,(H,6,7). The number of hydrogen-bond donors (Lipinski definition) is 1. The van der Waals surface area contributed by atoms with Gasteiger partial charge in [0.2, 0.25) is 0 Å². The number of hydrogen-bond acceptors (Lipinski definition) is 3. The Bertz CT molecular complexity index is 81.0. The molecular weight excluding hydrogens is 124 g/mol. The first-order valence-electron chi connectivity index (χ1n) is 2.73. The van der Waals surface area contributed by atoms with Gasteiger partial charge in [-0.1, -0.05) is 0 Å². The molecule has 0 radical (unpaired) electrons. The molecule has 0 atom stereocenters. The van der Waals surface area contributed by atoms with Crippen molar-refractivity contribution in [1.82, 2.24) is 0 Å². The van der Waals surface area contributed by atoms with E-state index in [1.807, 2.05) is 0 Å². The smallest absolute Gasteiger partial charge is 0.305 e. The van der Waals surface area contributed by atoms with E-state index in [9.17, 15) is 4.79 Å². The van der Waals surface area contributed by atoms with Crippen LogP contribution >= 0.6 is 0 Å². The molecule has 0 amide bonds. The average Bonchev–Trinajstić information content (AvgIpc) is 1.80. The van der Waals surface area contributed by atoms with Crippen molar-refractivity contribution in [3.63, 3.8) is 0 Å². The lowest BCUT2D eigenvalue weighted by molar-refractivity contribution is -0.291. The highest BCUT2D eigenvalue weighted by Gasteiger charge is 1.94. The lowest BCUT2D eigenvalue weighted by Crippen LogP contribution is -2.02. The summed E-state index contributed by atoms with van der Waals surface area (Å²) in [5, 5.41) is 8.08. The molecular formula is C5H10O4. The minimum absolute atomic E-state index is 0.0139. The maximum absolute atomic E-state index is 9.83. The summed E-state index contributed by atoms with van der Waals surface area (Å²) in [6.45, 7) is 2.32. The average molecular weight is 134 g/mol. The fraction of sp³-hybridized carbons (Fsp3) is 0.800. The Morgan fingerprint density at radius 1 is 1.56 bits per heavy atom. The van der Waals surface area contributed by atoms with Crippen LogP contribution in [-0.2, 0) is 14.6 Å². The van der Waals surface area contributed by atoms with Crippen molar-refractivity contribution in [1.29, 1.82) is 0 Å². The Hall–Kier alpha value is -0.610. The second-order valence-electron chi connectivity index (χ2n) is 1.37. The first-order valence-corrected chi connectivity index (χ1v) is 2.73. The van der Waals surface area contributed by atoms with E-state index >= 15 is 0 Å². The van der Waals surface area contributed by atoms with Crippen LogP contribution in [-0.4, -0.2) is 24.3 Å². The minimum atomic E-state index is -0.880. The van der Waals surface area contributed by atoms with Gasteiger partial charge >= 0.3 is 5.97 Å². The highest BCUT2D eigenvalue weighted by atomic mass is 17.2. The highest BCUT2D eigenvalue weighted by Crippen LogP contribution is 1.82. The topological polar surface area (TPSA) is 55.8 Å². The molecule has 0 aliphatic rings. The predicted octanol–water partition coefficient (Wildman–Crippen LogP) is 0.429. The molecule has 0 unspecified atom stereocenters. The molecule has 0 heterocycles. The molecule has 0 rings (SSSR count). The first kappa shape index (κ1) is 8.39. The fourth-order valence-corrected chi connectivity index (χ4v) is 0.271. The Balaban J connectivity index is 2.83. The summed E-state index contributed by atoms with van der Waals surface area (Å²) >= 11 is 0. The molecule has 0 fully saturated rings. The molecule has 0 spiro atoms. The van der Waals surface area contributed by atoms with Gasteiger partial charge in [0, 0.05) is 0 Å². The van der Waals surface area contributed by atoms with E-state index in [1.54, 1.807) is 6.92 Å². The summed E-state index contributed by atoms with van der Waals surface area (Å²) < 4.78 is 0. The number of carboxylic acids is 1. The van der Waals surface area contributed by atoms with Crippen molar-refractivity contribution in [2.75, 3.05) is 13.2 Å².